The number of hydrogen-bond donors (Lipinski definition) is 2. The first-order valence-electron chi connectivity index (χ1n) is 18.8. The number of halogens is 1. The fraction of sp³-hybridized carbons (Fsp3) is 0.196. The lowest BCUT2D eigenvalue weighted by Crippen LogP contribution is -2.35. The molecule has 300 valence electrons. The molecule has 2 amide bonds. The summed E-state index contributed by atoms with van der Waals surface area (Å²) < 4.78 is 15.4. The van der Waals surface area contributed by atoms with Gasteiger partial charge in [0, 0.05) is 94.3 Å². The van der Waals surface area contributed by atoms with Crippen molar-refractivity contribution in [3.63, 3.8) is 0 Å². The zero-order chi connectivity index (χ0) is 42.1. The molecule has 1 aliphatic carbocycles. The van der Waals surface area contributed by atoms with Gasteiger partial charge in [-0.15, -0.1) is 0 Å². The summed E-state index contributed by atoms with van der Waals surface area (Å²) in [6, 6.07) is 27.7. The number of benzene rings is 5. The van der Waals surface area contributed by atoms with E-state index in [1.165, 1.54) is 12.1 Å². The third kappa shape index (κ3) is 7.99. The second kappa shape index (κ2) is 16.5. The predicted molar refractivity (Wildman–Crippen MR) is 228 cm³/mol. The highest BCUT2D eigenvalue weighted by molar-refractivity contribution is 6.30. The molecule has 0 saturated carbocycles. The highest BCUT2D eigenvalue weighted by Crippen LogP contribution is 2.42. The third-order valence-corrected chi connectivity index (χ3v) is 10.7. The van der Waals surface area contributed by atoms with E-state index in [1.54, 1.807) is 67.1 Å². The van der Waals surface area contributed by atoms with E-state index in [1.807, 2.05) is 74.1 Å². The largest absolute Gasteiger partial charge is 0.545 e. The van der Waals surface area contributed by atoms with Crippen LogP contribution in [0.5, 0.6) is 5.75 Å². The summed E-state index contributed by atoms with van der Waals surface area (Å²) in [6.45, 7) is 1.99. The molecule has 59 heavy (non-hydrogen) atoms. The minimum absolute atomic E-state index is 0.0320. The predicted octanol–water partition coefficient (Wildman–Crippen LogP) is 5.37. The Kier molecular flexibility index (Phi) is 11.3. The van der Waals surface area contributed by atoms with E-state index in [-0.39, 0.29) is 42.5 Å². The van der Waals surface area contributed by atoms with Crippen molar-refractivity contribution < 1.29 is 33.4 Å². The number of carbonyl (C=O) groups excluding carboxylic acids is 4. The number of amides is 2. The van der Waals surface area contributed by atoms with E-state index in [0.717, 1.165) is 11.0 Å². The topological polar surface area (TPSA) is 149 Å². The average molecular weight is 812 g/mol. The maximum Gasteiger partial charge on any atom is 0.262 e. The molecule has 13 heteroatoms. The van der Waals surface area contributed by atoms with Gasteiger partial charge in [0.1, 0.15) is 31.2 Å². The number of nitrogens with one attached hydrogen (secondary N) is 2. The Bertz CT molecular complexity index is 2850. The normalized spacial score (nSPS) is 11.2. The Balaban J connectivity index is 1.12. The average Bonchev–Trinajstić information content (AvgIpc) is 3.49. The Morgan fingerprint density at radius 2 is 1.56 bits per heavy atom. The first-order valence-corrected chi connectivity index (χ1v) is 19.2. The zero-order valence-corrected chi connectivity index (χ0v) is 34.2. The van der Waals surface area contributed by atoms with Gasteiger partial charge in [0.25, 0.3) is 11.8 Å². The minimum Gasteiger partial charge on any atom is -0.545 e. The monoisotopic (exact) mass is 811 g/mol. The van der Waals surface area contributed by atoms with Gasteiger partial charge in [-0.25, -0.2) is 4.58 Å². The lowest BCUT2D eigenvalue weighted by Gasteiger charge is -2.20. The van der Waals surface area contributed by atoms with Crippen LogP contribution in [0.4, 0.5) is 5.69 Å². The van der Waals surface area contributed by atoms with Crippen molar-refractivity contribution in [2.45, 2.75) is 13.3 Å². The van der Waals surface area contributed by atoms with E-state index in [4.69, 9.17) is 20.8 Å². The van der Waals surface area contributed by atoms with Crippen LogP contribution >= 0.6 is 11.6 Å². The molecule has 12 nitrogen and oxygen atoms in total. The highest BCUT2D eigenvalue weighted by atomic mass is 35.5. The van der Waals surface area contributed by atoms with Gasteiger partial charge in [-0.05, 0) is 90.8 Å². The van der Waals surface area contributed by atoms with Crippen LogP contribution in [0.1, 0.15) is 42.3 Å². The summed E-state index contributed by atoms with van der Waals surface area (Å²) in [5, 5.41) is 21.0. The Hall–Kier alpha value is -6.92. The number of rotatable bonds is 11. The standard InChI is InChI=1S/C46H42ClN5O7/c1-26-36(37-24-32(58-6)14-18-39(37)52(26)45(55)27-7-10-29(47)11-8-27)25-42(53)48-19-20-49-44(54)28-9-15-33(46(56)57)38(21-28)43-34-16-12-30(50(2)3)22-40(34)59-41-23-31(51(4)5)13-17-35(41)43/h7-18,21-24H,19-20,25H2,1-6H3,(H2-,48,49,53,54,56,57). The van der Waals surface area contributed by atoms with Crippen molar-refractivity contribution in [3.8, 4) is 28.2 Å². The van der Waals surface area contributed by atoms with E-state index in [0.29, 0.717) is 71.9 Å². The molecule has 2 heterocycles. The summed E-state index contributed by atoms with van der Waals surface area (Å²) in [5.41, 5.74) is 5.45. The van der Waals surface area contributed by atoms with Gasteiger partial charge < -0.3 is 34.6 Å². The molecule has 5 aromatic rings. The molecule has 1 aliphatic heterocycles. The van der Waals surface area contributed by atoms with E-state index < -0.39 is 11.9 Å². The van der Waals surface area contributed by atoms with Gasteiger partial charge in [0.15, 0.2) is 0 Å². The van der Waals surface area contributed by atoms with Crippen LogP contribution in [0.25, 0.3) is 44.3 Å². The van der Waals surface area contributed by atoms with Crippen LogP contribution in [-0.2, 0) is 11.2 Å². The van der Waals surface area contributed by atoms with E-state index in [2.05, 4.69) is 10.6 Å². The van der Waals surface area contributed by atoms with Crippen LogP contribution in [-0.4, -0.2) is 76.6 Å². The van der Waals surface area contributed by atoms with Crippen molar-refractivity contribution >= 4 is 62.9 Å². The van der Waals surface area contributed by atoms with E-state index in [9.17, 15) is 24.3 Å². The van der Waals surface area contributed by atoms with Gasteiger partial charge in [-0.3, -0.25) is 19.0 Å². The van der Waals surface area contributed by atoms with Crippen LogP contribution in [0.15, 0.2) is 101 Å². The first kappa shape index (κ1) is 40.3. The molecule has 1 aromatic heterocycles. The number of fused-ring (bicyclic) bond motifs is 3. The van der Waals surface area contributed by atoms with Crippen molar-refractivity contribution in [1.29, 1.82) is 0 Å². The highest BCUT2D eigenvalue weighted by Gasteiger charge is 2.24. The molecular weight excluding hydrogens is 770 g/mol. The lowest BCUT2D eigenvalue weighted by atomic mass is 9.89. The van der Waals surface area contributed by atoms with Crippen LogP contribution in [0, 0.1) is 6.92 Å². The summed E-state index contributed by atoms with van der Waals surface area (Å²) in [6.07, 6.45) is -0.0320. The van der Waals surface area contributed by atoms with Crippen molar-refractivity contribution in [2.75, 3.05) is 53.3 Å². The fourth-order valence-electron chi connectivity index (χ4n) is 7.28. The molecule has 0 atom stereocenters. The van der Waals surface area contributed by atoms with Gasteiger partial charge in [0.05, 0.1) is 31.1 Å². The van der Waals surface area contributed by atoms with Crippen molar-refractivity contribution in [3.05, 3.63) is 135 Å². The lowest BCUT2D eigenvalue weighted by molar-refractivity contribution is -0.254. The maximum absolute atomic E-state index is 13.7. The summed E-state index contributed by atoms with van der Waals surface area (Å²) in [7, 11) is 9.22. The number of carboxylic acids is 1. The second-order valence-corrected chi connectivity index (χ2v) is 15.0. The quantitative estimate of drug-likeness (QED) is 0.101. The summed E-state index contributed by atoms with van der Waals surface area (Å²) in [5.74, 6) is -1.31. The number of carbonyl (C=O) groups is 4. The molecule has 0 spiro atoms. The fourth-order valence-corrected chi connectivity index (χ4v) is 7.41. The summed E-state index contributed by atoms with van der Waals surface area (Å²) >= 11 is 6.06. The molecule has 2 aliphatic rings. The van der Waals surface area contributed by atoms with Gasteiger partial charge >= 0.3 is 0 Å². The van der Waals surface area contributed by atoms with Crippen LogP contribution in [0.2, 0.25) is 5.02 Å². The van der Waals surface area contributed by atoms with Crippen LogP contribution < -0.4 is 35.3 Å². The molecule has 0 saturated heterocycles. The van der Waals surface area contributed by atoms with Gasteiger partial charge in [-0.1, -0.05) is 17.7 Å². The molecule has 0 unspecified atom stereocenters. The number of aromatic nitrogens is 1. The number of hydrogen-bond acceptors (Lipinski definition) is 8. The van der Waals surface area contributed by atoms with Crippen LogP contribution in [0.3, 0.4) is 0 Å². The summed E-state index contributed by atoms with van der Waals surface area (Å²) in [4.78, 5) is 55.1. The van der Waals surface area contributed by atoms with Crippen molar-refractivity contribution in [1.82, 2.24) is 19.8 Å². The van der Waals surface area contributed by atoms with E-state index >= 15 is 0 Å². The SMILES string of the molecule is COc1ccc2c(c1)c(CC(=O)NCCNC(=O)c1ccc(C(=O)[O-])c(-c3c4ccc(=[N+](C)C)cc-4oc4cc(N(C)C)ccc34)c1)c(C)n2C(=O)c1ccc(Cl)cc1. The Morgan fingerprint density at radius 1 is 0.831 bits per heavy atom. The number of aromatic carboxylic acids is 1. The molecule has 0 bridgehead atoms. The minimum atomic E-state index is -1.39. The number of nitrogens with zero attached hydrogens (tertiary/aromatic N) is 3. The van der Waals surface area contributed by atoms with Gasteiger partial charge in [0.2, 0.25) is 11.3 Å². The second-order valence-electron chi connectivity index (χ2n) is 14.6. The molecular formula is C46H42ClN5O7. The maximum atomic E-state index is 13.7. The molecule has 4 aromatic carbocycles. The Morgan fingerprint density at radius 3 is 2.25 bits per heavy atom. The molecule has 7 rings (SSSR count). The Labute approximate surface area is 345 Å². The number of ether oxygens (including phenoxy) is 1. The van der Waals surface area contributed by atoms with Gasteiger partial charge in [-0.2, -0.15) is 0 Å². The van der Waals surface area contributed by atoms with Crippen molar-refractivity contribution in [2.24, 2.45) is 0 Å². The third-order valence-electron chi connectivity index (χ3n) is 10.4. The number of carboxylic acid groups (broad SMARTS) is 1. The first-order chi connectivity index (χ1) is 28.2. The molecule has 0 radical (unpaired) electrons. The molecule has 0 fully saturated rings. The number of methoxy groups -OCH3 is 1. The zero-order valence-electron chi connectivity index (χ0n) is 33.4. The number of anilines is 1. The molecule has 2 N–H and O–H groups in total. The smallest absolute Gasteiger partial charge is 0.262 e.